The number of rotatable bonds is 4. The molecule has 0 unspecified atom stereocenters. The molecule has 21 heavy (non-hydrogen) atoms. The lowest BCUT2D eigenvalue weighted by Gasteiger charge is -2.20. The van der Waals surface area contributed by atoms with Crippen LogP contribution in [0.5, 0.6) is 11.5 Å². The molecule has 0 aromatic heterocycles. The number of nitrogens with one attached hydrogen (secondary N) is 1. The zero-order chi connectivity index (χ0) is 15.3. The Morgan fingerprint density at radius 3 is 2.48 bits per heavy atom. The van der Waals surface area contributed by atoms with Crippen LogP contribution in [0.4, 0.5) is 0 Å². The molecule has 0 radical (unpaired) electrons. The third-order valence-corrected chi connectivity index (χ3v) is 6.24. The fraction of sp³-hybridized carbons (Fsp3) is 0.647. The Balaban J connectivity index is 1.61. The van der Waals surface area contributed by atoms with Crippen molar-refractivity contribution in [2.24, 2.45) is 16.7 Å². The zero-order valence-electron chi connectivity index (χ0n) is 13.3. The van der Waals surface area contributed by atoms with Crippen LogP contribution in [0.15, 0.2) is 16.6 Å². The first-order valence-corrected chi connectivity index (χ1v) is 8.42. The van der Waals surface area contributed by atoms with Crippen molar-refractivity contribution in [2.45, 2.75) is 34.2 Å². The van der Waals surface area contributed by atoms with Gasteiger partial charge in [-0.25, -0.2) is 0 Å². The summed E-state index contributed by atoms with van der Waals surface area (Å²) in [5.74, 6) is 2.42. The molecule has 0 atom stereocenters. The number of halogens is 1. The molecule has 1 aliphatic carbocycles. The second-order valence-electron chi connectivity index (χ2n) is 7.23. The summed E-state index contributed by atoms with van der Waals surface area (Å²) >= 11 is 3.57. The van der Waals surface area contributed by atoms with Gasteiger partial charge < -0.3 is 14.8 Å². The molecule has 0 saturated heterocycles. The molecule has 0 bridgehead atoms. The fourth-order valence-corrected chi connectivity index (χ4v) is 4.07. The average Bonchev–Trinajstić information content (AvgIpc) is 2.81. The van der Waals surface area contributed by atoms with Crippen LogP contribution in [-0.2, 0) is 6.54 Å². The van der Waals surface area contributed by atoms with Crippen LogP contribution >= 0.6 is 15.9 Å². The molecular weight excluding hydrogens is 330 g/mol. The van der Waals surface area contributed by atoms with Crippen LogP contribution in [0.3, 0.4) is 0 Å². The van der Waals surface area contributed by atoms with Crippen molar-refractivity contribution in [3.63, 3.8) is 0 Å². The SMILES string of the molecule is CC1(C)C(CNCc2cc(Br)c3c(c2)OCCO3)C1(C)C. The predicted octanol–water partition coefficient (Wildman–Crippen LogP) is 3.99. The molecule has 2 aliphatic rings. The highest BCUT2D eigenvalue weighted by Gasteiger charge is 2.63. The molecule has 3 nitrogen and oxygen atoms in total. The van der Waals surface area contributed by atoms with Gasteiger partial charge in [-0.15, -0.1) is 0 Å². The first-order chi connectivity index (χ1) is 9.84. The summed E-state index contributed by atoms with van der Waals surface area (Å²) in [5, 5.41) is 3.59. The third kappa shape index (κ3) is 2.57. The monoisotopic (exact) mass is 353 g/mol. The van der Waals surface area contributed by atoms with E-state index in [1.165, 1.54) is 5.56 Å². The molecule has 0 amide bonds. The molecule has 1 fully saturated rings. The lowest BCUT2D eigenvalue weighted by Crippen LogP contribution is -2.20. The maximum absolute atomic E-state index is 5.67. The lowest BCUT2D eigenvalue weighted by molar-refractivity contribution is 0.170. The van der Waals surface area contributed by atoms with E-state index in [0.29, 0.717) is 24.0 Å². The number of hydrogen-bond acceptors (Lipinski definition) is 3. The van der Waals surface area contributed by atoms with Gasteiger partial charge in [0.2, 0.25) is 0 Å². The summed E-state index contributed by atoms with van der Waals surface area (Å²) in [6.45, 7) is 12.6. The van der Waals surface area contributed by atoms with Crippen molar-refractivity contribution in [1.82, 2.24) is 5.32 Å². The molecule has 1 aliphatic heterocycles. The molecule has 1 aromatic rings. The van der Waals surface area contributed by atoms with E-state index in [9.17, 15) is 0 Å². The predicted molar refractivity (Wildman–Crippen MR) is 87.9 cm³/mol. The van der Waals surface area contributed by atoms with Crippen LogP contribution < -0.4 is 14.8 Å². The molecule has 1 N–H and O–H groups in total. The van der Waals surface area contributed by atoms with Gasteiger partial charge in [-0.05, 0) is 56.9 Å². The number of hydrogen-bond donors (Lipinski definition) is 1. The van der Waals surface area contributed by atoms with Crippen LogP contribution in [-0.4, -0.2) is 19.8 Å². The Morgan fingerprint density at radius 2 is 1.81 bits per heavy atom. The van der Waals surface area contributed by atoms with Gasteiger partial charge in [0.1, 0.15) is 13.2 Å². The van der Waals surface area contributed by atoms with Crippen LogP contribution in [0, 0.1) is 16.7 Å². The molecule has 4 heteroatoms. The van der Waals surface area contributed by atoms with Gasteiger partial charge in [0.25, 0.3) is 0 Å². The average molecular weight is 354 g/mol. The van der Waals surface area contributed by atoms with Crippen molar-refractivity contribution in [3.8, 4) is 11.5 Å². The quantitative estimate of drug-likeness (QED) is 0.887. The Hall–Kier alpha value is -0.740. The molecule has 116 valence electrons. The minimum atomic E-state index is 0.438. The Morgan fingerprint density at radius 1 is 1.14 bits per heavy atom. The molecule has 1 aromatic carbocycles. The Kier molecular flexibility index (Phi) is 3.73. The van der Waals surface area contributed by atoms with E-state index in [1.54, 1.807) is 0 Å². The molecule has 0 spiro atoms. The largest absolute Gasteiger partial charge is 0.486 e. The minimum absolute atomic E-state index is 0.438. The van der Waals surface area contributed by atoms with Crippen molar-refractivity contribution in [3.05, 3.63) is 22.2 Å². The van der Waals surface area contributed by atoms with Gasteiger partial charge in [-0.1, -0.05) is 27.7 Å². The third-order valence-electron chi connectivity index (χ3n) is 5.65. The first kappa shape index (κ1) is 15.2. The van der Waals surface area contributed by atoms with Gasteiger partial charge in [-0.3, -0.25) is 0 Å². The highest BCUT2D eigenvalue weighted by Crippen LogP contribution is 2.67. The van der Waals surface area contributed by atoms with E-state index in [1.807, 2.05) is 0 Å². The van der Waals surface area contributed by atoms with E-state index in [0.717, 1.165) is 35.0 Å². The highest BCUT2D eigenvalue weighted by molar-refractivity contribution is 9.10. The summed E-state index contributed by atoms with van der Waals surface area (Å²) < 4.78 is 12.3. The maximum Gasteiger partial charge on any atom is 0.175 e. The first-order valence-electron chi connectivity index (χ1n) is 7.63. The highest BCUT2D eigenvalue weighted by atomic mass is 79.9. The van der Waals surface area contributed by atoms with E-state index in [4.69, 9.17) is 9.47 Å². The van der Waals surface area contributed by atoms with Crippen LogP contribution in [0.1, 0.15) is 33.3 Å². The summed E-state index contributed by atoms with van der Waals surface area (Å²) in [5.41, 5.74) is 2.10. The summed E-state index contributed by atoms with van der Waals surface area (Å²) in [7, 11) is 0. The van der Waals surface area contributed by atoms with E-state index in [2.05, 4.69) is 61.1 Å². The number of ether oxygens (including phenoxy) is 2. The molecule has 3 rings (SSSR count). The molecular formula is C17H24BrNO2. The van der Waals surface area contributed by atoms with E-state index in [-0.39, 0.29) is 0 Å². The van der Waals surface area contributed by atoms with E-state index < -0.39 is 0 Å². The van der Waals surface area contributed by atoms with E-state index >= 15 is 0 Å². The second kappa shape index (κ2) is 5.17. The Labute approximate surface area is 135 Å². The minimum Gasteiger partial charge on any atom is -0.486 e. The van der Waals surface area contributed by atoms with Gasteiger partial charge in [0, 0.05) is 6.54 Å². The zero-order valence-corrected chi connectivity index (χ0v) is 14.8. The van der Waals surface area contributed by atoms with Gasteiger partial charge >= 0.3 is 0 Å². The summed E-state index contributed by atoms with van der Waals surface area (Å²) in [6.07, 6.45) is 0. The molecule has 1 saturated carbocycles. The van der Waals surface area contributed by atoms with Crippen LogP contribution in [0.2, 0.25) is 0 Å². The second-order valence-corrected chi connectivity index (χ2v) is 8.08. The van der Waals surface area contributed by atoms with Crippen molar-refractivity contribution in [2.75, 3.05) is 19.8 Å². The van der Waals surface area contributed by atoms with Crippen molar-refractivity contribution < 1.29 is 9.47 Å². The van der Waals surface area contributed by atoms with Gasteiger partial charge in [0.15, 0.2) is 11.5 Å². The lowest BCUT2D eigenvalue weighted by atomic mass is 10.0. The topological polar surface area (TPSA) is 30.5 Å². The standard InChI is InChI=1S/C17H24BrNO2/c1-16(2)14(17(16,3)4)10-19-9-11-7-12(18)15-13(8-11)20-5-6-21-15/h7-8,14,19H,5-6,9-10H2,1-4H3. The van der Waals surface area contributed by atoms with Crippen molar-refractivity contribution >= 4 is 15.9 Å². The smallest absolute Gasteiger partial charge is 0.175 e. The number of benzene rings is 1. The van der Waals surface area contributed by atoms with Gasteiger partial charge in [0.05, 0.1) is 4.47 Å². The number of fused-ring (bicyclic) bond motifs is 1. The van der Waals surface area contributed by atoms with Crippen molar-refractivity contribution in [1.29, 1.82) is 0 Å². The van der Waals surface area contributed by atoms with Gasteiger partial charge in [-0.2, -0.15) is 0 Å². The Bertz CT molecular complexity index is 540. The normalized spacial score (nSPS) is 22.1. The van der Waals surface area contributed by atoms with Crippen LogP contribution in [0.25, 0.3) is 0 Å². The fourth-order valence-electron chi connectivity index (χ4n) is 3.47. The summed E-state index contributed by atoms with van der Waals surface area (Å²) in [4.78, 5) is 0. The maximum atomic E-state index is 5.67. The summed E-state index contributed by atoms with van der Waals surface area (Å²) in [6, 6.07) is 4.19. The molecule has 1 heterocycles.